The lowest BCUT2D eigenvalue weighted by molar-refractivity contribution is -0.384. The minimum atomic E-state index is -0.518. The number of nitro groups is 1. The molecule has 7 heteroatoms. The van der Waals surface area contributed by atoms with Crippen LogP contribution in [0.25, 0.3) is 10.2 Å². The quantitative estimate of drug-likeness (QED) is 0.476. The number of nitrogens with one attached hydrogen (secondary N) is 1. The molecular formula is C7H3ClN2O2S2. The van der Waals surface area contributed by atoms with E-state index in [1.807, 2.05) is 0 Å². The molecule has 1 N–H and O–H groups in total. The Hall–Kier alpha value is -0.980. The van der Waals surface area contributed by atoms with E-state index < -0.39 is 4.92 Å². The smallest absolute Gasteiger partial charge is 0.290 e. The first-order valence-electron chi connectivity index (χ1n) is 3.54. The number of rotatable bonds is 1. The summed E-state index contributed by atoms with van der Waals surface area (Å²) >= 11 is 12.0. The van der Waals surface area contributed by atoms with Crippen molar-refractivity contribution >= 4 is 51.1 Å². The SMILES string of the molecule is O=[N+]([O-])c1cc2[nH]c(=S)sc2cc1Cl. The molecule has 1 heterocycles. The Bertz CT molecular complexity index is 575. The third-order valence-corrected chi connectivity index (χ3v) is 3.19. The molecule has 4 nitrogen and oxygen atoms in total. The number of aromatic amines is 1. The summed E-state index contributed by atoms with van der Waals surface area (Å²) in [4.78, 5) is 12.9. The van der Waals surface area contributed by atoms with Crippen molar-refractivity contribution in [3.8, 4) is 0 Å². The van der Waals surface area contributed by atoms with Crippen molar-refractivity contribution in [2.45, 2.75) is 0 Å². The van der Waals surface area contributed by atoms with Crippen molar-refractivity contribution in [1.29, 1.82) is 0 Å². The summed E-state index contributed by atoms with van der Waals surface area (Å²) in [6.45, 7) is 0. The largest absolute Gasteiger partial charge is 0.337 e. The second-order valence-corrected chi connectivity index (χ2v) is 4.70. The van der Waals surface area contributed by atoms with E-state index >= 15 is 0 Å². The Morgan fingerprint density at radius 1 is 1.57 bits per heavy atom. The summed E-state index contributed by atoms with van der Waals surface area (Å²) in [5.74, 6) is 0. The van der Waals surface area contributed by atoms with Crippen LogP contribution < -0.4 is 0 Å². The molecule has 1 aromatic heterocycles. The number of aromatic nitrogens is 1. The first-order chi connectivity index (χ1) is 6.58. The van der Waals surface area contributed by atoms with Crippen molar-refractivity contribution < 1.29 is 4.92 Å². The monoisotopic (exact) mass is 246 g/mol. The highest BCUT2D eigenvalue weighted by atomic mass is 35.5. The van der Waals surface area contributed by atoms with Crippen molar-refractivity contribution in [1.82, 2.24) is 4.98 Å². The van der Waals surface area contributed by atoms with E-state index in [9.17, 15) is 10.1 Å². The number of fused-ring (bicyclic) bond motifs is 1. The lowest BCUT2D eigenvalue weighted by Crippen LogP contribution is -1.88. The van der Waals surface area contributed by atoms with E-state index in [1.54, 1.807) is 6.07 Å². The van der Waals surface area contributed by atoms with E-state index in [0.717, 1.165) is 4.70 Å². The van der Waals surface area contributed by atoms with Crippen molar-refractivity contribution in [2.24, 2.45) is 0 Å². The molecule has 0 aliphatic rings. The van der Waals surface area contributed by atoms with E-state index in [0.29, 0.717) is 9.47 Å². The molecule has 0 fully saturated rings. The Morgan fingerprint density at radius 3 is 2.93 bits per heavy atom. The number of nitrogens with zero attached hydrogens (tertiary/aromatic N) is 1. The molecule has 2 aromatic rings. The molecule has 0 radical (unpaired) electrons. The van der Waals surface area contributed by atoms with Gasteiger partial charge in [-0.15, -0.1) is 11.3 Å². The number of hydrogen-bond donors (Lipinski definition) is 1. The summed E-state index contributed by atoms with van der Waals surface area (Å²) in [6, 6.07) is 2.94. The van der Waals surface area contributed by atoms with Gasteiger partial charge in [0.25, 0.3) is 5.69 Å². The van der Waals surface area contributed by atoms with Gasteiger partial charge in [0.15, 0.2) is 3.95 Å². The predicted molar refractivity (Wildman–Crippen MR) is 58.7 cm³/mol. The predicted octanol–water partition coefficient (Wildman–Crippen LogP) is 3.52. The van der Waals surface area contributed by atoms with Crippen LogP contribution in [0.5, 0.6) is 0 Å². The minimum Gasteiger partial charge on any atom is -0.337 e. The molecule has 0 spiro atoms. The van der Waals surface area contributed by atoms with Crippen molar-refractivity contribution in [3.63, 3.8) is 0 Å². The van der Waals surface area contributed by atoms with Crippen LogP contribution in [0.2, 0.25) is 5.02 Å². The minimum absolute atomic E-state index is 0.108. The highest BCUT2D eigenvalue weighted by molar-refractivity contribution is 7.73. The molecule has 0 aliphatic heterocycles. The number of halogens is 1. The lowest BCUT2D eigenvalue weighted by Gasteiger charge is -1.94. The number of hydrogen-bond acceptors (Lipinski definition) is 4. The molecule has 72 valence electrons. The van der Waals surface area contributed by atoms with Gasteiger partial charge >= 0.3 is 0 Å². The van der Waals surface area contributed by atoms with Gasteiger partial charge in [-0.05, 0) is 18.3 Å². The van der Waals surface area contributed by atoms with E-state index in [2.05, 4.69) is 4.98 Å². The average Bonchev–Trinajstić information content (AvgIpc) is 2.42. The fraction of sp³-hybridized carbons (Fsp3) is 0. The average molecular weight is 247 g/mol. The summed E-state index contributed by atoms with van der Waals surface area (Å²) in [5.41, 5.74) is 0.541. The molecule has 0 atom stereocenters. The van der Waals surface area contributed by atoms with Crippen LogP contribution in [0, 0.1) is 14.1 Å². The van der Waals surface area contributed by atoms with Crippen LogP contribution in [0.1, 0.15) is 0 Å². The van der Waals surface area contributed by atoms with Crippen LogP contribution in [0.3, 0.4) is 0 Å². The second kappa shape index (κ2) is 3.30. The van der Waals surface area contributed by atoms with Gasteiger partial charge in [-0.2, -0.15) is 0 Å². The fourth-order valence-electron chi connectivity index (χ4n) is 1.10. The number of benzene rings is 1. The zero-order valence-electron chi connectivity index (χ0n) is 6.61. The summed E-state index contributed by atoms with van der Waals surface area (Å²) < 4.78 is 1.40. The number of thiazole rings is 1. The zero-order valence-corrected chi connectivity index (χ0v) is 9.00. The third-order valence-electron chi connectivity index (χ3n) is 1.69. The Kier molecular flexibility index (Phi) is 2.26. The maximum Gasteiger partial charge on any atom is 0.290 e. The van der Waals surface area contributed by atoms with Gasteiger partial charge in [0.1, 0.15) is 5.02 Å². The lowest BCUT2D eigenvalue weighted by atomic mass is 10.3. The number of H-pyrrole nitrogens is 1. The Labute approximate surface area is 92.3 Å². The molecule has 0 saturated carbocycles. The molecule has 2 rings (SSSR count). The molecular weight excluding hydrogens is 244 g/mol. The molecule has 0 aliphatic carbocycles. The first-order valence-corrected chi connectivity index (χ1v) is 5.15. The van der Waals surface area contributed by atoms with E-state index in [1.165, 1.54) is 17.4 Å². The summed E-state index contributed by atoms with van der Waals surface area (Å²) in [7, 11) is 0. The van der Waals surface area contributed by atoms with Crippen molar-refractivity contribution in [2.75, 3.05) is 0 Å². The standard InChI is InChI=1S/C7H3ClN2O2S2/c8-3-1-6-4(9-7(13)14-6)2-5(3)10(11)12/h1-2H,(H,9,13). The normalized spacial score (nSPS) is 10.6. The Morgan fingerprint density at radius 2 is 2.29 bits per heavy atom. The molecule has 0 bridgehead atoms. The van der Waals surface area contributed by atoms with E-state index in [-0.39, 0.29) is 10.7 Å². The maximum absolute atomic E-state index is 10.6. The van der Waals surface area contributed by atoms with E-state index in [4.69, 9.17) is 23.8 Å². The maximum atomic E-state index is 10.6. The van der Waals surface area contributed by atoms with Crippen LogP contribution in [0.15, 0.2) is 12.1 Å². The van der Waals surface area contributed by atoms with Crippen LogP contribution in [-0.4, -0.2) is 9.91 Å². The van der Waals surface area contributed by atoms with Gasteiger partial charge in [-0.3, -0.25) is 10.1 Å². The topological polar surface area (TPSA) is 58.9 Å². The van der Waals surface area contributed by atoms with Gasteiger partial charge in [0.2, 0.25) is 0 Å². The molecule has 0 saturated heterocycles. The van der Waals surface area contributed by atoms with Gasteiger partial charge in [-0.1, -0.05) is 11.6 Å². The van der Waals surface area contributed by atoms with Crippen LogP contribution >= 0.6 is 35.2 Å². The number of nitro benzene ring substituents is 1. The molecule has 0 amide bonds. The van der Waals surface area contributed by atoms with Gasteiger partial charge < -0.3 is 4.98 Å². The van der Waals surface area contributed by atoms with Gasteiger partial charge in [0.05, 0.1) is 15.1 Å². The molecule has 0 unspecified atom stereocenters. The third kappa shape index (κ3) is 1.52. The highest BCUT2D eigenvalue weighted by Crippen LogP contribution is 2.31. The van der Waals surface area contributed by atoms with Crippen LogP contribution in [-0.2, 0) is 0 Å². The molecule has 14 heavy (non-hydrogen) atoms. The zero-order chi connectivity index (χ0) is 10.3. The highest BCUT2D eigenvalue weighted by Gasteiger charge is 2.14. The molecule has 1 aromatic carbocycles. The summed E-state index contributed by atoms with van der Waals surface area (Å²) in [6.07, 6.45) is 0. The van der Waals surface area contributed by atoms with Gasteiger partial charge in [-0.25, -0.2) is 0 Å². The summed E-state index contributed by atoms with van der Waals surface area (Å²) in [5, 5.41) is 10.7. The second-order valence-electron chi connectivity index (χ2n) is 2.57. The Balaban J connectivity index is 2.82. The first kappa shape index (κ1) is 9.57. The van der Waals surface area contributed by atoms with Crippen molar-refractivity contribution in [3.05, 3.63) is 31.2 Å². The van der Waals surface area contributed by atoms with Crippen LogP contribution in [0.4, 0.5) is 5.69 Å². The van der Waals surface area contributed by atoms with Gasteiger partial charge in [0, 0.05) is 6.07 Å². The fourth-order valence-corrected chi connectivity index (χ4v) is 2.54.